The molecule has 0 nitrogen and oxygen atoms in total. The summed E-state index contributed by atoms with van der Waals surface area (Å²) < 4.78 is 11.8. The zero-order valence-electron chi connectivity index (χ0n) is 11.1. The van der Waals surface area contributed by atoms with E-state index in [0.29, 0.717) is 0 Å². The number of alkyl halides is 1. The highest BCUT2D eigenvalue weighted by Gasteiger charge is 1.93. The van der Waals surface area contributed by atoms with Gasteiger partial charge in [0.15, 0.2) is 0 Å². The van der Waals surface area contributed by atoms with Crippen LogP contribution in [0.4, 0.5) is 4.39 Å². The van der Waals surface area contributed by atoms with Gasteiger partial charge in [-0.25, -0.2) is 0 Å². The predicted molar refractivity (Wildman–Crippen MR) is 71.4 cm³/mol. The van der Waals surface area contributed by atoms with Crippen LogP contribution in [0.3, 0.4) is 0 Å². The zero-order valence-corrected chi connectivity index (χ0v) is 11.1. The Bertz CT molecular complexity index is 98.0. The van der Waals surface area contributed by atoms with Crippen LogP contribution in [0.25, 0.3) is 0 Å². The van der Waals surface area contributed by atoms with Gasteiger partial charge in [-0.05, 0) is 12.8 Å². The molecule has 0 heterocycles. The molecule has 0 N–H and O–H groups in total. The zero-order chi connectivity index (χ0) is 11.9. The Morgan fingerprint density at radius 2 is 1.19 bits per heavy atom. The first-order chi connectivity index (χ1) is 7.91. The van der Waals surface area contributed by atoms with Crippen LogP contribution in [-0.2, 0) is 0 Å². The monoisotopic (exact) mass is 229 g/mol. The molecule has 0 unspecified atom stereocenters. The number of hydrogen-bond acceptors (Lipinski definition) is 0. The van der Waals surface area contributed by atoms with E-state index < -0.39 is 0 Å². The molecule has 16 heavy (non-hydrogen) atoms. The molecule has 1 heteroatoms. The molecular weight excluding hydrogens is 199 g/mol. The Morgan fingerprint density at radius 3 is 1.75 bits per heavy atom. The second-order valence-electron chi connectivity index (χ2n) is 4.74. The average Bonchev–Trinajstić information content (AvgIpc) is 2.31. The van der Waals surface area contributed by atoms with Gasteiger partial charge in [-0.1, -0.05) is 77.6 Å². The first-order valence-corrected chi connectivity index (χ1v) is 7.29. The maximum absolute atomic E-state index is 11.8. The van der Waals surface area contributed by atoms with E-state index in [4.69, 9.17) is 0 Å². The van der Waals surface area contributed by atoms with E-state index in [1.807, 2.05) is 0 Å². The molecule has 1 radical (unpaired) electrons. The normalized spacial score (nSPS) is 10.9. The van der Waals surface area contributed by atoms with Crippen molar-refractivity contribution >= 4 is 0 Å². The molecule has 0 aliphatic carbocycles. The fourth-order valence-corrected chi connectivity index (χ4v) is 1.95. The highest BCUT2D eigenvalue weighted by atomic mass is 19.1. The maximum atomic E-state index is 11.8. The molecule has 0 aliphatic heterocycles. The third-order valence-corrected chi connectivity index (χ3v) is 3.05. The second kappa shape index (κ2) is 14.9. The molecule has 0 rings (SSSR count). The van der Waals surface area contributed by atoms with E-state index in [9.17, 15) is 4.39 Å². The number of rotatable bonds is 13. The third-order valence-electron chi connectivity index (χ3n) is 3.05. The summed E-state index contributed by atoms with van der Waals surface area (Å²) in [5.41, 5.74) is 0. The summed E-state index contributed by atoms with van der Waals surface area (Å²) in [6, 6.07) is 0. The Labute approximate surface area is 102 Å². The van der Waals surface area contributed by atoms with Crippen molar-refractivity contribution in [2.75, 3.05) is 6.67 Å². The summed E-state index contributed by atoms with van der Waals surface area (Å²) in [5.74, 6) is 0. The highest BCUT2D eigenvalue weighted by Crippen LogP contribution is 2.11. The molecule has 0 fully saturated rings. The lowest BCUT2D eigenvalue weighted by Gasteiger charge is -2.01. The van der Waals surface area contributed by atoms with Gasteiger partial charge >= 0.3 is 0 Å². The van der Waals surface area contributed by atoms with Crippen LogP contribution in [0.2, 0.25) is 0 Å². The number of halogens is 1. The smallest absolute Gasteiger partial charge is 0.0894 e. The summed E-state index contributed by atoms with van der Waals surface area (Å²) >= 11 is 0. The van der Waals surface area contributed by atoms with Gasteiger partial charge in [-0.2, -0.15) is 0 Å². The summed E-state index contributed by atoms with van der Waals surface area (Å²) in [6.45, 7) is 2.12. The molecule has 0 aromatic carbocycles. The second-order valence-corrected chi connectivity index (χ2v) is 4.74. The van der Waals surface area contributed by atoms with Gasteiger partial charge < -0.3 is 0 Å². The summed E-state index contributed by atoms with van der Waals surface area (Å²) in [6.07, 6.45) is 17.6. The van der Waals surface area contributed by atoms with Crippen molar-refractivity contribution in [1.82, 2.24) is 0 Å². The summed E-state index contributed by atoms with van der Waals surface area (Å²) in [4.78, 5) is 0. The van der Waals surface area contributed by atoms with Crippen molar-refractivity contribution in [1.29, 1.82) is 0 Å². The quantitative estimate of drug-likeness (QED) is 0.347. The Hall–Kier alpha value is -0.0700. The fourth-order valence-electron chi connectivity index (χ4n) is 1.95. The topological polar surface area (TPSA) is 0 Å². The van der Waals surface area contributed by atoms with E-state index in [-0.39, 0.29) is 6.67 Å². The minimum atomic E-state index is -0.147. The largest absolute Gasteiger partial charge is 0.251 e. The van der Waals surface area contributed by atoms with Gasteiger partial charge in [0, 0.05) is 0 Å². The molecule has 97 valence electrons. The summed E-state index contributed by atoms with van der Waals surface area (Å²) in [7, 11) is 0. The van der Waals surface area contributed by atoms with Crippen LogP contribution in [-0.4, -0.2) is 6.67 Å². The van der Waals surface area contributed by atoms with Crippen LogP contribution in [0.15, 0.2) is 0 Å². The van der Waals surface area contributed by atoms with E-state index in [1.54, 1.807) is 0 Å². The lowest BCUT2D eigenvalue weighted by atomic mass is 10.0. The minimum Gasteiger partial charge on any atom is -0.251 e. The third kappa shape index (κ3) is 13.9. The van der Waals surface area contributed by atoms with Gasteiger partial charge in [-0.3, -0.25) is 4.39 Å². The van der Waals surface area contributed by atoms with Crippen molar-refractivity contribution in [2.45, 2.75) is 84.0 Å². The molecular formula is C15H30F. The van der Waals surface area contributed by atoms with Crippen LogP contribution in [0.5, 0.6) is 0 Å². The molecule has 0 aliphatic rings. The average molecular weight is 229 g/mol. The first-order valence-electron chi connectivity index (χ1n) is 7.29. The first kappa shape index (κ1) is 15.9. The molecule has 0 aromatic rings. The van der Waals surface area contributed by atoms with Gasteiger partial charge in [-0.15, -0.1) is 0 Å². The molecule has 0 spiro atoms. The van der Waals surface area contributed by atoms with Gasteiger partial charge in [0.25, 0.3) is 0 Å². The van der Waals surface area contributed by atoms with Crippen molar-refractivity contribution in [3.8, 4) is 0 Å². The van der Waals surface area contributed by atoms with Crippen LogP contribution in [0.1, 0.15) is 84.0 Å². The predicted octanol–water partition coefficient (Wildman–Crippen LogP) is 5.86. The molecule has 0 amide bonds. The van der Waals surface area contributed by atoms with Crippen molar-refractivity contribution in [2.24, 2.45) is 0 Å². The molecule has 0 saturated carbocycles. The Balaban J connectivity index is 2.83. The van der Waals surface area contributed by atoms with E-state index in [1.165, 1.54) is 57.8 Å². The van der Waals surface area contributed by atoms with E-state index >= 15 is 0 Å². The van der Waals surface area contributed by atoms with Crippen molar-refractivity contribution < 1.29 is 4.39 Å². The number of hydrogen-bond donors (Lipinski definition) is 0. The number of unbranched alkanes of at least 4 members (excludes halogenated alkanes) is 12. The fraction of sp³-hybridized carbons (Fsp3) is 0.933. The van der Waals surface area contributed by atoms with Gasteiger partial charge in [0.05, 0.1) is 6.67 Å². The SMILES string of the molecule is CCCCCCCCCC[CH]CCCCF. The highest BCUT2D eigenvalue weighted by molar-refractivity contribution is 4.64. The van der Waals surface area contributed by atoms with Crippen LogP contribution < -0.4 is 0 Å². The van der Waals surface area contributed by atoms with Crippen molar-refractivity contribution in [3.05, 3.63) is 6.42 Å². The van der Waals surface area contributed by atoms with Crippen LogP contribution >= 0.6 is 0 Å². The van der Waals surface area contributed by atoms with Gasteiger partial charge in [0.1, 0.15) is 0 Å². The van der Waals surface area contributed by atoms with E-state index in [0.717, 1.165) is 19.3 Å². The van der Waals surface area contributed by atoms with Gasteiger partial charge in [0.2, 0.25) is 0 Å². The lowest BCUT2D eigenvalue weighted by molar-refractivity contribution is 0.459. The molecule has 0 aromatic heterocycles. The van der Waals surface area contributed by atoms with Crippen molar-refractivity contribution in [3.63, 3.8) is 0 Å². The maximum Gasteiger partial charge on any atom is 0.0894 e. The molecule has 0 atom stereocenters. The standard InChI is InChI=1S/C15H30F/c1-2-3-4-5-6-7-8-9-10-11-12-13-14-15-16/h11H,2-10,12-15H2,1H3. The molecule has 0 bridgehead atoms. The summed E-state index contributed by atoms with van der Waals surface area (Å²) in [5, 5.41) is 0. The van der Waals surface area contributed by atoms with Crippen LogP contribution in [0, 0.1) is 6.42 Å². The lowest BCUT2D eigenvalue weighted by Crippen LogP contribution is -1.84. The minimum absolute atomic E-state index is 0.147. The Morgan fingerprint density at radius 1 is 0.688 bits per heavy atom. The molecule has 0 saturated heterocycles. The van der Waals surface area contributed by atoms with E-state index in [2.05, 4.69) is 13.3 Å². The Kier molecular flexibility index (Phi) is 14.9.